The molecule has 10 heteroatoms. The Morgan fingerprint density at radius 2 is 1.73 bits per heavy atom. The molecular formula is C23H43NO8Si. The maximum Gasteiger partial charge on any atom is 0.410 e. The first-order chi connectivity index (χ1) is 15.0. The number of methoxy groups -OCH3 is 2. The molecule has 0 spiro atoms. The summed E-state index contributed by atoms with van der Waals surface area (Å²) < 4.78 is 35.2. The summed E-state index contributed by atoms with van der Waals surface area (Å²) in [5, 5.41) is -0.0349. The Kier molecular flexibility index (Phi) is 8.33. The third-order valence-electron chi connectivity index (χ3n) is 6.91. The van der Waals surface area contributed by atoms with E-state index in [1.54, 1.807) is 14.2 Å². The number of fused-ring (bicyclic) bond motifs is 1. The summed E-state index contributed by atoms with van der Waals surface area (Å²) in [6.07, 6.45) is -1.70. The van der Waals surface area contributed by atoms with Crippen LogP contribution in [0.3, 0.4) is 0 Å². The molecule has 0 aromatic rings. The molecule has 0 saturated carbocycles. The summed E-state index contributed by atoms with van der Waals surface area (Å²) in [5.41, 5.74) is -1.98. The number of carbonyl (C=O) groups is 2. The Morgan fingerprint density at radius 1 is 1.12 bits per heavy atom. The van der Waals surface area contributed by atoms with Crippen molar-refractivity contribution in [1.82, 2.24) is 4.90 Å². The molecule has 0 aromatic heterocycles. The molecule has 2 fully saturated rings. The molecule has 2 heterocycles. The molecule has 1 amide bonds. The van der Waals surface area contributed by atoms with Crippen LogP contribution in [-0.4, -0.2) is 95.3 Å². The standard InChI is InChI=1S/C23H43NO8Si/c1-21(2,3)32-20(26)24(7)17-16(27-8)13-29-15-12-23(19(25)28-9,31-18(15)17)14-30-33(10,11)22(4,5)6/h15-18H,12-14H2,1-11H3/t15-,16-,17-,18+,23+/m1/s1. The second-order valence-corrected chi connectivity index (χ2v) is 16.4. The number of likely N-dealkylation sites (N-methyl/N-ethyl adjacent to an activating group) is 1. The monoisotopic (exact) mass is 489 g/mol. The first-order valence-corrected chi connectivity index (χ1v) is 14.4. The number of amides is 1. The van der Waals surface area contributed by atoms with Crippen molar-refractivity contribution in [3.8, 4) is 0 Å². The van der Waals surface area contributed by atoms with Gasteiger partial charge in [0, 0.05) is 20.6 Å². The van der Waals surface area contributed by atoms with E-state index in [9.17, 15) is 9.59 Å². The van der Waals surface area contributed by atoms with E-state index in [-0.39, 0.29) is 24.7 Å². The van der Waals surface area contributed by atoms with Crippen molar-refractivity contribution in [3.63, 3.8) is 0 Å². The third-order valence-corrected chi connectivity index (χ3v) is 11.4. The van der Waals surface area contributed by atoms with Crippen molar-refractivity contribution in [2.24, 2.45) is 0 Å². The average Bonchev–Trinajstić information content (AvgIpc) is 3.08. The molecule has 0 N–H and O–H groups in total. The van der Waals surface area contributed by atoms with Crippen LogP contribution in [0.4, 0.5) is 4.79 Å². The Bertz CT molecular complexity index is 716. The normalized spacial score (nSPS) is 30.5. The van der Waals surface area contributed by atoms with Crippen LogP contribution in [0.1, 0.15) is 48.0 Å². The van der Waals surface area contributed by atoms with Crippen molar-refractivity contribution in [2.75, 3.05) is 34.5 Å². The fourth-order valence-electron chi connectivity index (χ4n) is 3.91. The van der Waals surface area contributed by atoms with Crippen molar-refractivity contribution in [3.05, 3.63) is 0 Å². The highest BCUT2D eigenvalue weighted by atomic mass is 28.4. The maximum atomic E-state index is 13.0. The van der Waals surface area contributed by atoms with Crippen LogP contribution in [0.15, 0.2) is 0 Å². The van der Waals surface area contributed by atoms with Crippen LogP contribution in [0.25, 0.3) is 0 Å². The zero-order valence-corrected chi connectivity index (χ0v) is 23.1. The lowest BCUT2D eigenvalue weighted by Crippen LogP contribution is -2.61. The van der Waals surface area contributed by atoms with E-state index < -0.39 is 55.9 Å². The molecule has 33 heavy (non-hydrogen) atoms. The molecule has 2 rings (SSSR count). The molecule has 2 aliphatic rings. The van der Waals surface area contributed by atoms with Gasteiger partial charge in [0.2, 0.25) is 0 Å². The second-order valence-electron chi connectivity index (χ2n) is 11.5. The minimum Gasteiger partial charge on any atom is -0.467 e. The van der Waals surface area contributed by atoms with Gasteiger partial charge in [0.05, 0.1) is 32.5 Å². The number of ether oxygens (including phenoxy) is 5. The number of hydrogen-bond acceptors (Lipinski definition) is 8. The van der Waals surface area contributed by atoms with Crippen LogP contribution < -0.4 is 0 Å². The van der Waals surface area contributed by atoms with Gasteiger partial charge in [-0.25, -0.2) is 9.59 Å². The first-order valence-electron chi connectivity index (χ1n) is 11.5. The molecule has 0 aromatic carbocycles. The van der Waals surface area contributed by atoms with Gasteiger partial charge in [-0.05, 0) is 38.9 Å². The minimum absolute atomic E-state index is 0.0349. The van der Waals surface area contributed by atoms with E-state index in [0.29, 0.717) is 0 Å². The van der Waals surface area contributed by atoms with Gasteiger partial charge < -0.3 is 33.0 Å². The van der Waals surface area contributed by atoms with Crippen LogP contribution in [0, 0.1) is 0 Å². The number of hydrogen-bond donors (Lipinski definition) is 0. The lowest BCUT2D eigenvalue weighted by atomic mass is 9.92. The van der Waals surface area contributed by atoms with Gasteiger partial charge in [-0.15, -0.1) is 0 Å². The highest BCUT2D eigenvalue weighted by Crippen LogP contribution is 2.43. The minimum atomic E-state index is -2.17. The molecular weight excluding hydrogens is 446 g/mol. The lowest BCUT2D eigenvalue weighted by Gasteiger charge is -2.43. The quantitative estimate of drug-likeness (QED) is 0.414. The number of rotatable bonds is 6. The van der Waals surface area contributed by atoms with E-state index in [2.05, 4.69) is 33.9 Å². The first kappa shape index (κ1) is 28.0. The van der Waals surface area contributed by atoms with E-state index >= 15 is 0 Å². The van der Waals surface area contributed by atoms with Crippen LogP contribution in [0.2, 0.25) is 18.1 Å². The van der Waals surface area contributed by atoms with Gasteiger partial charge in [0.15, 0.2) is 13.9 Å². The highest BCUT2D eigenvalue weighted by molar-refractivity contribution is 6.74. The third kappa shape index (κ3) is 6.08. The molecule has 0 bridgehead atoms. The topological polar surface area (TPSA) is 92.8 Å². The summed E-state index contributed by atoms with van der Waals surface area (Å²) in [4.78, 5) is 27.3. The number of nitrogens with zero attached hydrogens (tertiary/aromatic N) is 1. The Balaban J connectivity index is 2.34. The molecule has 0 radical (unpaired) electrons. The lowest BCUT2D eigenvalue weighted by molar-refractivity contribution is -0.190. The second kappa shape index (κ2) is 9.81. The van der Waals surface area contributed by atoms with Crippen LogP contribution >= 0.6 is 0 Å². The highest BCUT2D eigenvalue weighted by Gasteiger charge is 2.60. The summed E-state index contributed by atoms with van der Waals surface area (Å²) in [7, 11) is 2.39. The predicted molar refractivity (Wildman–Crippen MR) is 126 cm³/mol. The summed E-state index contributed by atoms with van der Waals surface area (Å²) in [6.45, 7) is 16.4. The van der Waals surface area contributed by atoms with Gasteiger partial charge in [0.1, 0.15) is 17.8 Å². The Labute approximate surface area is 199 Å². The molecule has 0 unspecified atom stereocenters. The predicted octanol–water partition coefficient (Wildman–Crippen LogP) is 3.36. The largest absolute Gasteiger partial charge is 0.467 e. The number of esters is 1. The van der Waals surface area contributed by atoms with E-state index in [4.69, 9.17) is 28.1 Å². The van der Waals surface area contributed by atoms with E-state index in [0.717, 1.165) is 0 Å². The average molecular weight is 490 g/mol. The van der Waals surface area contributed by atoms with Crippen LogP contribution in [-0.2, 0) is 32.9 Å². The van der Waals surface area contributed by atoms with Crippen LogP contribution in [0.5, 0.6) is 0 Å². The SMILES string of the molecule is COC(=O)[C@@]1(CO[Si](C)(C)C(C)(C)C)C[C@H]2OC[C@@H](OC)[C@@H](N(C)C(=O)OC(C)(C)C)[C@H]2O1. The van der Waals surface area contributed by atoms with Crippen molar-refractivity contribution >= 4 is 20.4 Å². The summed E-state index contributed by atoms with van der Waals surface area (Å²) in [5.74, 6) is -0.508. The van der Waals surface area contributed by atoms with Gasteiger partial charge in [0.25, 0.3) is 0 Å². The zero-order chi connectivity index (χ0) is 25.4. The summed E-state index contributed by atoms with van der Waals surface area (Å²) >= 11 is 0. The molecule has 5 atom stereocenters. The van der Waals surface area contributed by atoms with Crippen molar-refractivity contribution in [2.45, 2.75) is 102 Å². The summed E-state index contributed by atoms with van der Waals surface area (Å²) in [6, 6.07) is -0.511. The zero-order valence-electron chi connectivity index (χ0n) is 22.1. The fraction of sp³-hybridized carbons (Fsp3) is 0.913. The van der Waals surface area contributed by atoms with Crippen molar-refractivity contribution in [1.29, 1.82) is 0 Å². The smallest absolute Gasteiger partial charge is 0.410 e. The number of carbonyl (C=O) groups excluding carboxylic acids is 2. The fourth-order valence-corrected chi connectivity index (χ4v) is 4.94. The van der Waals surface area contributed by atoms with E-state index in [1.807, 2.05) is 20.8 Å². The molecule has 0 aliphatic carbocycles. The molecule has 2 saturated heterocycles. The molecule has 2 aliphatic heterocycles. The van der Waals surface area contributed by atoms with Crippen molar-refractivity contribution < 1.29 is 37.7 Å². The Hall–Kier alpha value is -1.20. The maximum absolute atomic E-state index is 13.0. The molecule has 192 valence electrons. The van der Waals surface area contributed by atoms with Gasteiger partial charge in [-0.2, -0.15) is 0 Å². The molecule has 9 nitrogen and oxygen atoms in total. The van der Waals surface area contributed by atoms with Gasteiger partial charge in [-0.1, -0.05) is 20.8 Å². The van der Waals surface area contributed by atoms with Gasteiger partial charge >= 0.3 is 12.1 Å². The Morgan fingerprint density at radius 3 is 2.21 bits per heavy atom. The van der Waals surface area contributed by atoms with Gasteiger partial charge in [-0.3, -0.25) is 0 Å². The van der Waals surface area contributed by atoms with E-state index in [1.165, 1.54) is 12.0 Å².